The number of nitrogens with zero attached hydrogens (tertiary/aromatic N) is 1. The first-order valence-electron chi connectivity index (χ1n) is 4.74. The Labute approximate surface area is 105 Å². The number of aromatic amines is 1. The lowest BCUT2D eigenvalue weighted by Crippen LogP contribution is -1.95. The molecule has 88 valence electrons. The number of carboxylic acids is 1. The number of hydrogen-bond acceptors (Lipinski definition) is 2. The minimum absolute atomic E-state index is 0.0344. The largest absolute Gasteiger partial charge is 0.477 e. The molecule has 0 aliphatic carbocycles. The van der Waals surface area contributed by atoms with Crippen LogP contribution in [0.1, 0.15) is 16.1 Å². The molecule has 2 N–H and O–H groups in total. The monoisotopic (exact) mass is 298 g/mol. The van der Waals surface area contributed by atoms with E-state index in [-0.39, 0.29) is 16.0 Å². The van der Waals surface area contributed by atoms with E-state index in [0.29, 0.717) is 16.8 Å². The minimum Gasteiger partial charge on any atom is -0.477 e. The van der Waals surface area contributed by atoms with E-state index in [1.807, 2.05) is 0 Å². The van der Waals surface area contributed by atoms with Gasteiger partial charge in [0.1, 0.15) is 11.5 Å². The third kappa shape index (κ3) is 2.08. The molecule has 2 aromatic rings. The Balaban J connectivity index is 2.53. The Morgan fingerprint density at radius 3 is 2.82 bits per heavy atom. The second kappa shape index (κ2) is 4.29. The number of rotatable bonds is 2. The van der Waals surface area contributed by atoms with Crippen LogP contribution in [0.3, 0.4) is 0 Å². The summed E-state index contributed by atoms with van der Waals surface area (Å²) in [4.78, 5) is 10.7. The van der Waals surface area contributed by atoms with Crippen LogP contribution < -0.4 is 0 Å². The van der Waals surface area contributed by atoms with Crippen molar-refractivity contribution in [3.8, 4) is 11.3 Å². The van der Waals surface area contributed by atoms with Crippen LogP contribution in [0.15, 0.2) is 22.7 Å². The summed E-state index contributed by atoms with van der Waals surface area (Å²) in [7, 11) is 0. The zero-order valence-electron chi connectivity index (χ0n) is 8.79. The summed E-state index contributed by atoms with van der Waals surface area (Å²) in [5, 5.41) is 15.0. The quantitative estimate of drug-likeness (QED) is 0.896. The fourth-order valence-corrected chi connectivity index (χ4v) is 2.06. The second-order valence-corrected chi connectivity index (χ2v) is 4.32. The number of hydrogen-bond donors (Lipinski definition) is 2. The van der Waals surface area contributed by atoms with Crippen molar-refractivity contribution in [2.45, 2.75) is 6.92 Å². The molecule has 0 bridgehead atoms. The zero-order valence-corrected chi connectivity index (χ0v) is 10.4. The van der Waals surface area contributed by atoms with Gasteiger partial charge in [-0.1, -0.05) is 12.1 Å². The summed E-state index contributed by atoms with van der Waals surface area (Å²) in [5.74, 6) is -1.48. The highest BCUT2D eigenvalue weighted by atomic mass is 79.9. The Kier molecular flexibility index (Phi) is 2.97. The highest BCUT2D eigenvalue weighted by Gasteiger charge is 2.14. The molecule has 0 fully saturated rings. The van der Waals surface area contributed by atoms with Crippen molar-refractivity contribution in [3.05, 3.63) is 39.7 Å². The molecule has 0 aliphatic heterocycles. The lowest BCUT2D eigenvalue weighted by molar-refractivity contribution is 0.0690. The van der Waals surface area contributed by atoms with E-state index < -0.39 is 5.97 Å². The predicted octanol–water partition coefficient (Wildman–Crippen LogP) is 2.98. The average Bonchev–Trinajstić information content (AvgIpc) is 2.75. The Bertz CT molecular complexity index is 595. The van der Waals surface area contributed by atoms with Crippen molar-refractivity contribution >= 4 is 21.9 Å². The summed E-state index contributed by atoms with van der Waals surface area (Å²) in [5.41, 5.74) is 1.37. The molecule has 0 aliphatic rings. The molecule has 0 amide bonds. The van der Waals surface area contributed by atoms with Crippen LogP contribution in [-0.2, 0) is 0 Å². The molecule has 0 spiro atoms. The van der Waals surface area contributed by atoms with Gasteiger partial charge in [-0.05, 0) is 34.5 Å². The molecule has 0 saturated heterocycles. The number of benzene rings is 1. The first-order valence-corrected chi connectivity index (χ1v) is 5.53. The van der Waals surface area contributed by atoms with E-state index in [0.717, 1.165) is 0 Å². The van der Waals surface area contributed by atoms with Crippen molar-refractivity contribution in [1.82, 2.24) is 10.2 Å². The maximum absolute atomic E-state index is 13.6. The van der Waals surface area contributed by atoms with Crippen LogP contribution in [0.25, 0.3) is 11.3 Å². The number of aryl methyl sites for hydroxylation is 1. The zero-order chi connectivity index (χ0) is 12.6. The summed E-state index contributed by atoms with van der Waals surface area (Å²) in [6.45, 7) is 1.65. The normalized spacial score (nSPS) is 10.5. The van der Waals surface area contributed by atoms with Crippen molar-refractivity contribution in [2.24, 2.45) is 0 Å². The number of halogens is 2. The lowest BCUT2D eigenvalue weighted by Gasteiger charge is -2.04. The molecule has 0 unspecified atom stereocenters. The van der Waals surface area contributed by atoms with Gasteiger partial charge in [-0.3, -0.25) is 5.10 Å². The van der Waals surface area contributed by atoms with E-state index in [2.05, 4.69) is 26.1 Å². The van der Waals surface area contributed by atoms with Gasteiger partial charge in [0.25, 0.3) is 0 Å². The fourth-order valence-electron chi connectivity index (χ4n) is 1.41. The minimum atomic E-state index is -1.10. The highest BCUT2D eigenvalue weighted by molar-refractivity contribution is 9.10. The van der Waals surface area contributed by atoms with Gasteiger partial charge in [0, 0.05) is 5.56 Å². The topological polar surface area (TPSA) is 66.0 Å². The molecule has 1 heterocycles. The van der Waals surface area contributed by atoms with Crippen LogP contribution in [0, 0.1) is 12.7 Å². The summed E-state index contributed by atoms with van der Waals surface area (Å²) < 4.78 is 13.9. The van der Waals surface area contributed by atoms with Crippen LogP contribution in [-0.4, -0.2) is 21.3 Å². The average molecular weight is 299 g/mol. The SMILES string of the molecule is Cc1ccc(-c2cc(C(=O)O)[nH]n2)c(Br)c1F. The summed E-state index contributed by atoms with van der Waals surface area (Å²) in [6, 6.07) is 4.66. The van der Waals surface area contributed by atoms with Gasteiger partial charge < -0.3 is 5.11 Å². The van der Waals surface area contributed by atoms with E-state index in [1.54, 1.807) is 19.1 Å². The fraction of sp³-hybridized carbons (Fsp3) is 0.0909. The Morgan fingerprint density at radius 2 is 2.24 bits per heavy atom. The third-order valence-corrected chi connectivity index (χ3v) is 3.13. The number of nitrogens with one attached hydrogen (secondary N) is 1. The number of H-pyrrole nitrogens is 1. The molecule has 6 heteroatoms. The molecular formula is C11H8BrFN2O2. The maximum Gasteiger partial charge on any atom is 0.353 e. The van der Waals surface area contributed by atoms with E-state index in [1.165, 1.54) is 6.07 Å². The molecule has 0 radical (unpaired) electrons. The lowest BCUT2D eigenvalue weighted by atomic mass is 10.1. The van der Waals surface area contributed by atoms with Gasteiger partial charge in [-0.25, -0.2) is 9.18 Å². The molecule has 1 aromatic heterocycles. The van der Waals surface area contributed by atoms with Crippen molar-refractivity contribution in [1.29, 1.82) is 0 Å². The molecule has 2 rings (SSSR count). The number of aromatic carboxylic acids is 1. The van der Waals surface area contributed by atoms with Crippen molar-refractivity contribution in [3.63, 3.8) is 0 Å². The summed E-state index contributed by atoms with van der Waals surface area (Å²) >= 11 is 3.14. The van der Waals surface area contributed by atoms with E-state index in [4.69, 9.17) is 5.11 Å². The Hall–Kier alpha value is -1.69. The number of aromatic nitrogens is 2. The van der Waals surface area contributed by atoms with Gasteiger partial charge in [-0.2, -0.15) is 5.10 Å². The van der Waals surface area contributed by atoms with E-state index >= 15 is 0 Å². The smallest absolute Gasteiger partial charge is 0.353 e. The highest BCUT2D eigenvalue weighted by Crippen LogP contribution is 2.31. The molecule has 0 saturated carbocycles. The van der Waals surface area contributed by atoms with Gasteiger partial charge >= 0.3 is 5.97 Å². The van der Waals surface area contributed by atoms with Crippen molar-refractivity contribution < 1.29 is 14.3 Å². The van der Waals surface area contributed by atoms with Gasteiger partial charge in [0.05, 0.1) is 10.2 Å². The molecule has 1 aromatic carbocycles. The van der Waals surface area contributed by atoms with Crippen LogP contribution in [0.2, 0.25) is 0 Å². The number of carboxylic acid groups (broad SMARTS) is 1. The van der Waals surface area contributed by atoms with Crippen LogP contribution in [0.4, 0.5) is 4.39 Å². The molecule has 4 nitrogen and oxygen atoms in total. The Morgan fingerprint density at radius 1 is 1.53 bits per heavy atom. The first kappa shape index (κ1) is 11.8. The molecule has 17 heavy (non-hydrogen) atoms. The third-order valence-electron chi connectivity index (χ3n) is 2.36. The molecule has 0 atom stereocenters. The molecular weight excluding hydrogens is 291 g/mol. The van der Waals surface area contributed by atoms with Crippen LogP contribution >= 0.6 is 15.9 Å². The van der Waals surface area contributed by atoms with Crippen LogP contribution in [0.5, 0.6) is 0 Å². The van der Waals surface area contributed by atoms with Crippen molar-refractivity contribution in [2.75, 3.05) is 0 Å². The first-order chi connectivity index (χ1) is 8.00. The maximum atomic E-state index is 13.6. The number of carbonyl (C=O) groups is 1. The predicted molar refractivity (Wildman–Crippen MR) is 63.4 cm³/mol. The second-order valence-electron chi connectivity index (χ2n) is 3.53. The van der Waals surface area contributed by atoms with E-state index in [9.17, 15) is 9.18 Å². The van der Waals surface area contributed by atoms with Gasteiger partial charge in [-0.15, -0.1) is 0 Å². The van der Waals surface area contributed by atoms with Gasteiger partial charge in [0.15, 0.2) is 0 Å². The summed E-state index contributed by atoms with van der Waals surface area (Å²) in [6.07, 6.45) is 0. The van der Waals surface area contributed by atoms with Gasteiger partial charge in [0.2, 0.25) is 0 Å². The standard InChI is InChI=1S/C11H8BrFN2O2/c1-5-2-3-6(9(12)10(5)13)7-4-8(11(16)17)15-14-7/h2-4H,1H3,(H,14,15)(H,16,17).